The molecular formula is C27H34FN3O3. The number of hydrogen-bond donors (Lipinski definition) is 1. The number of nitrogens with zero attached hydrogens (tertiary/aromatic N) is 2. The Labute approximate surface area is 201 Å². The number of amides is 2. The van der Waals surface area contributed by atoms with E-state index < -0.39 is 5.54 Å². The molecular weight excluding hydrogens is 433 g/mol. The van der Waals surface area contributed by atoms with Crippen LogP contribution in [0.1, 0.15) is 42.4 Å². The Morgan fingerprint density at radius 2 is 1.91 bits per heavy atom. The van der Waals surface area contributed by atoms with Crippen LogP contribution in [-0.2, 0) is 16.0 Å². The molecule has 0 unspecified atom stereocenters. The van der Waals surface area contributed by atoms with Crippen LogP contribution >= 0.6 is 0 Å². The van der Waals surface area contributed by atoms with Crippen LogP contribution in [-0.4, -0.2) is 55.5 Å². The molecule has 0 spiro atoms. The molecule has 6 nitrogen and oxygen atoms in total. The number of piperazine rings is 1. The standard InChI is InChI=1S/C27H34FN3O3/c1-19-5-4-6-24(20(19)2)30-13-15-31(16-14-30)26(33)10-12-27(11-9-25(32)29-27)18-21-7-8-22(34-3)17-23(21)28/h4-8,17H,9-16,18H2,1-3H3,(H,29,32)/t27-/m1/s1. The highest BCUT2D eigenvalue weighted by Gasteiger charge is 2.39. The Hall–Kier alpha value is -3.09. The van der Waals surface area contributed by atoms with Crippen molar-refractivity contribution in [2.75, 3.05) is 38.2 Å². The number of carbonyl (C=O) groups excluding carboxylic acids is 2. The number of benzene rings is 2. The fourth-order valence-electron chi connectivity index (χ4n) is 5.12. The molecule has 2 aliphatic heterocycles. The maximum atomic E-state index is 14.6. The van der Waals surface area contributed by atoms with E-state index in [1.165, 1.54) is 30.0 Å². The molecule has 2 fully saturated rings. The van der Waals surface area contributed by atoms with Gasteiger partial charge < -0.3 is 19.9 Å². The number of halogens is 1. The molecule has 4 rings (SSSR count). The lowest BCUT2D eigenvalue weighted by atomic mass is 9.84. The Balaban J connectivity index is 1.36. The van der Waals surface area contributed by atoms with Gasteiger partial charge in [0.2, 0.25) is 11.8 Å². The number of aryl methyl sites for hydroxylation is 1. The number of anilines is 1. The van der Waals surface area contributed by atoms with Gasteiger partial charge in [0.25, 0.3) is 0 Å². The van der Waals surface area contributed by atoms with Crippen molar-refractivity contribution in [2.45, 2.75) is 51.5 Å². The SMILES string of the molecule is COc1ccc(C[C@]2(CCC(=O)N3CCN(c4cccc(C)c4C)CC3)CCC(=O)N2)c(F)c1. The van der Waals surface area contributed by atoms with E-state index in [0.717, 1.165) is 13.1 Å². The minimum atomic E-state index is -0.595. The van der Waals surface area contributed by atoms with Gasteiger partial charge in [-0.15, -0.1) is 0 Å². The van der Waals surface area contributed by atoms with Gasteiger partial charge >= 0.3 is 0 Å². The molecule has 0 radical (unpaired) electrons. The maximum Gasteiger partial charge on any atom is 0.222 e. The summed E-state index contributed by atoms with van der Waals surface area (Å²) in [4.78, 5) is 29.4. The van der Waals surface area contributed by atoms with E-state index in [4.69, 9.17) is 4.74 Å². The molecule has 2 aliphatic rings. The Kier molecular flexibility index (Phi) is 7.10. The van der Waals surface area contributed by atoms with Gasteiger partial charge in [0, 0.05) is 56.3 Å². The summed E-state index contributed by atoms with van der Waals surface area (Å²) >= 11 is 0. The van der Waals surface area contributed by atoms with Crippen molar-refractivity contribution in [3.05, 3.63) is 58.9 Å². The second kappa shape index (κ2) is 10.0. The van der Waals surface area contributed by atoms with Crippen molar-refractivity contribution >= 4 is 17.5 Å². The lowest BCUT2D eigenvalue weighted by Gasteiger charge is -2.38. The molecule has 2 aromatic carbocycles. The first kappa shape index (κ1) is 24.0. The number of rotatable bonds is 7. The summed E-state index contributed by atoms with van der Waals surface area (Å²) in [7, 11) is 1.50. The predicted octanol–water partition coefficient (Wildman–Crippen LogP) is 3.77. The Morgan fingerprint density at radius 1 is 1.15 bits per heavy atom. The fourth-order valence-corrected chi connectivity index (χ4v) is 5.12. The van der Waals surface area contributed by atoms with Crippen molar-refractivity contribution in [2.24, 2.45) is 0 Å². The second-order valence-corrected chi connectivity index (χ2v) is 9.55. The van der Waals surface area contributed by atoms with Crippen LogP contribution < -0.4 is 15.0 Å². The summed E-state index contributed by atoms with van der Waals surface area (Å²) in [5, 5.41) is 3.05. The zero-order chi connectivity index (χ0) is 24.3. The topological polar surface area (TPSA) is 61.9 Å². The van der Waals surface area contributed by atoms with Gasteiger partial charge in [-0.1, -0.05) is 18.2 Å². The molecule has 0 aromatic heterocycles. The number of hydrogen-bond acceptors (Lipinski definition) is 4. The van der Waals surface area contributed by atoms with E-state index in [9.17, 15) is 14.0 Å². The number of nitrogens with one attached hydrogen (secondary N) is 1. The minimum Gasteiger partial charge on any atom is -0.497 e. The maximum absolute atomic E-state index is 14.6. The summed E-state index contributed by atoms with van der Waals surface area (Å²) in [5.74, 6) is 0.162. The molecule has 7 heteroatoms. The first-order valence-corrected chi connectivity index (χ1v) is 12.0. The molecule has 2 saturated heterocycles. The molecule has 0 aliphatic carbocycles. The Bertz CT molecular complexity index is 1070. The van der Waals surface area contributed by atoms with E-state index in [1.54, 1.807) is 12.1 Å². The van der Waals surface area contributed by atoms with Crippen molar-refractivity contribution in [1.82, 2.24) is 10.2 Å². The summed E-state index contributed by atoms with van der Waals surface area (Å²) in [6, 6.07) is 11.1. The van der Waals surface area contributed by atoms with Gasteiger partial charge in [-0.3, -0.25) is 9.59 Å². The van der Waals surface area contributed by atoms with Crippen molar-refractivity contribution in [3.63, 3.8) is 0 Å². The van der Waals surface area contributed by atoms with Crippen LogP contribution in [0.2, 0.25) is 0 Å². The monoisotopic (exact) mass is 467 g/mol. The van der Waals surface area contributed by atoms with E-state index in [0.29, 0.717) is 56.5 Å². The normalized spacial score (nSPS) is 20.4. The molecule has 34 heavy (non-hydrogen) atoms. The fraction of sp³-hybridized carbons (Fsp3) is 0.481. The van der Waals surface area contributed by atoms with E-state index in [1.807, 2.05) is 4.90 Å². The van der Waals surface area contributed by atoms with Crippen LogP contribution in [0.5, 0.6) is 5.75 Å². The smallest absolute Gasteiger partial charge is 0.222 e. The van der Waals surface area contributed by atoms with Crippen LogP contribution in [0.25, 0.3) is 0 Å². The average Bonchev–Trinajstić information content (AvgIpc) is 3.21. The van der Waals surface area contributed by atoms with E-state index in [2.05, 4.69) is 42.3 Å². The highest BCUT2D eigenvalue weighted by molar-refractivity contribution is 5.80. The zero-order valence-electron chi connectivity index (χ0n) is 20.3. The third-order valence-corrected chi connectivity index (χ3v) is 7.39. The second-order valence-electron chi connectivity index (χ2n) is 9.55. The molecule has 0 saturated carbocycles. The first-order valence-electron chi connectivity index (χ1n) is 12.0. The Morgan fingerprint density at radius 3 is 2.56 bits per heavy atom. The van der Waals surface area contributed by atoms with E-state index >= 15 is 0 Å². The molecule has 2 heterocycles. The molecule has 1 atom stereocenters. The molecule has 182 valence electrons. The first-order chi connectivity index (χ1) is 16.3. The number of carbonyl (C=O) groups is 2. The molecule has 1 N–H and O–H groups in total. The van der Waals surface area contributed by atoms with Gasteiger partial charge in [0.05, 0.1) is 7.11 Å². The largest absolute Gasteiger partial charge is 0.497 e. The van der Waals surface area contributed by atoms with Gasteiger partial charge in [0.1, 0.15) is 11.6 Å². The number of methoxy groups -OCH3 is 1. The van der Waals surface area contributed by atoms with Crippen molar-refractivity contribution in [1.29, 1.82) is 0 Å². The minimum absolute atomic E-state index is 0.0384. The third kappa shape index (κ3) is 5.18. The van der Waals surface area contributed by atoms with Crippen molar-refractivity contribution < 1.29 is 18.7 Å². The summed E-state index contributed by atoms with van der Waals surface area (Å²) in [5.41, 5.74) is 3.72. The number of ether oxygens (including phenoxy) is 1. The van der Waals surface area contributed by atoms with E-state index in [-0.39, 0.29) is 17.6 Å². The summed E-state index contributed by atoms with van der Waals surface area (Å²) < 4.78 is 19.7. The van der Waals surface area contributed by atoms with Gasteiger partial charge in [-0.2, -0.15) is 0 Å². The lowest BCUT2D eigenvalue weighted by molar-refractivity contribution is -0.132. The van der Waals surface area contributed by atoms with Crippen LogP contribution in [0.4, 0.5) is 10.1 Å². The lowest BCUT2D eigenvalue weighted by Crippen LogP contribution is -2.50. The van der Waals surface area contributed by atoms with Crippen LogP contribution in [0.15, 0.2) is 36.4 Å². The van der Waals surface area contributed by atoms with Crippen LogP contribution in [0, 0.1) is 19.7 Å². The molecule has 2 amide bonds. The summed E-state index contributed by atoms with van der Waals surface area (Å²) in [6.45, 7) is 7.22. The highest BCUT2D eigenvalue weighted by atomic mass is 19.1. The summed E-state index contributed by atoms with van der Waals surface area (Å²) in [6.07, 6.45) is 2.20. The van der Waals surface area contributed by atoms with Crippen LogP contribution in [0.3, 0.4) is 0 Å². The highest BCUT2D eigenvalue weighted by Crippen LogP contribution is 2.32. The molecule has 0 bridgehead atoms. The van der Waals surface area contributed by atoms with Gasteiger partial charge in [-0.25, -0.2) is 4.39 Å². The quantitative estimate of drug-likeness (QED) is 0.674. The molecule has 2 aromatic rings. The zero-order valence-corrected chi connectivity index (χ0v) is 20.3. The third-order valence-electron chi connectivity index (χ3n) is 7.39. The van der Waals surface area contributed by atoms with Gasteiger partial charge in [0.15, 0.2) is 0 Å². The van der Waals surface area contributed by atoms with Gasteiger partial charge in [-0.05, 0) is 61.9 Å². The average molecular weight is 468 g/mol. The van der Waals surface area contributed by atoms with Crippen molar-refractivity contribution in [3.8, 4) is 5.75 Å². The predicted molar refractivity (Wildman–Crippen MR) is 131 cm³/mol.